The monoisotopic (exact) mass is 236 g/mol. The fraction of sp³-hybridized carbons (Fsp3) is 0.0909. The van der Waals surface area contributed by atoms with E-state index in [1.54, 1.807) is 12.1 Å². The second kappa shape index (κ2) is 4.51. The summed E-state index contributed by atoms with van der Waals surface area (Å²) in [5.74, 6) is -0.188. The van der Waals surface area contributed by atoms with Crippen molar-refractivity contribution in [1.29, 1.82) is 0 Å². The lowest BCUT2D eigenvalue weighted by atomic mass is 10.1. The van der Waals surface area contributed by atoms with Crippen molar-refractivity contribution in [3.05, 3.63) is 44.8 Å². The van der Waals surface area contributed by atoms with Gasteiger partial charge in [-0.15, -0.1) is 22.7 Å². The quantitative estimate of drug-likeness (QED) is 0.603. The average Bonchev–Trinajstić information content (AvgIpc) is 2.91. The van der Waals surface area contributed by atoms with Crippen LogP contribution in [0.15, 0.2) is 35.0 Å². The number of thiophene rings is 2. The predicted octanol–water partition coefficient (Wildman–Crippen LogP) is 3.27. The van der Waals surface area contributed by atoms with E-state index in [2.05, 4.69) is 0 Å². The van der Waals surface area contributed by atoms with E-state index in [1.807, 2.05) is 22.9 Å². The van der Waals surface area contributed by atoms with E-state index in [9.17, 15) is 9.59 Å². The standard InChI is InChI=1S/C11H8O2S2/c12-8(10-3-1-5-14-10)7-9(13)11-4-2-6-15-11/h1-6H,7H2. The molecule has 4 heteroatoms. The van der Waals surface area contributed by atoms with Crippen molar-refractivity contribution >= 4 is 34.2 Å². The van der Waals surface area contributed by atoms with E-state index in [-0.39, 0.29) is 18.0 Å². The Hall–Kier alpha value is -1.26. The summed E-state index contributed by atoms with van der Waals surface area (Å²) < 4.78 is 0. The molecule has 2 heterocycles. The predicted molar refractivity (Wildman–Crippen MR) is 61.9 cm³/mol. The van der Waals surface area contributed by atoms with Crippen molar-refractivity contribution in [2.45, 2.75) is 6.42 Å². The number of rotatable bonds is 4. The van der Waals surface area contributed by atoms with Crippen LogP contribution in [0.3, 0.4) is 0 Å². The van der Waals surface area contributed by atoms with Crippen LogP contribution in [0.1, 0.15) is 25.8 Å². The lowest BCUT2D eigenvalue weighted by Crippen LogP contribution is -2.05. The molecule has 0 aliphatic heterocycles. The highest BCUT2D eigenvalue weighted by atomic mass is 32.1. The summed E-state index contributed by atoms with van der Waals surface area (Å²) in [6.45, 7) is 0. The Morgan fingerprint density at radius 3 is 1.73 bits per heavy atom. The Kier molecular flexibility index (Phi) is 3.08. The Balaban J connectivity index is 2.04. The van der Waals surface area contributed by atoms with Gasteiger partial charge in [0, 0.05) is 0 Å². The fourth-order valence-corrected chi connectivity index (χ4v) is 2.52. The normalized spacial score (nSPS) is 10.1. The molecule has 0 aliphatic carbocycles. The smallest absolute Gasteiger partial charge is 0.180 e. The van der Waals surface area contributed by atoms with Gasteiger partial charge < -0.3 is 0 Å². The van der Waals surface area contributed by atoms with E-state index >= 15 is 0 Å². The van der Waals surface area contributed by atoms with Crippen LogP contribution < -0.4 is 0 Å². The molecule has 0 bridgehead atoms. The van der Waals surface area contributed by atoms with Gasteiger partial charge in [0.1, 0.15) is 0 Å². The van der Waals surface area contributed by atoms with Gasteiger partial charge in [0.2, 0.25) is 0 Å². The largest absolute Gasteiger partial charge is 0.293 e. The first-order valence-electron chi connectivity index (χ1n) is 4.41. The zero-order valence-corrected chi connectivity index (χ0v) is 9.44. The Labute approximate surface area is 95.2 Å². The molecule has 2 rings (SSSR count). The molecule has 2 aromatic heterocycles. The maximum absolute atomic E-state index is 11.6. The van der Waals surface area contributed by atoms with Gasteiger partial charge in [-0.1, -0.05) is 12.1 Å². The van der Waals surface area contributed by atoms with Crippen LogP contribution in [0.2, 0.25) is 0 Å². The zero-order valence-electron chi connectivity index (χ0n) is 7.80. The fourth-order valence-electron chi connectivity index (χ4n) is 1.19. The van der Waals surface area contributed by atoms with Crippen molar-refractivity contribution in [3.8, 4) is 0 Å². The summed E-state index contributed by atoms with van der Waals surface area (Å²) in [4.78, 5) is 24.5. The molecule has 0 radical (unpaired) electrons. The number of ketones is 2. The van der Waals surface area contributed by atoms with Gasteiger partial charge in [-0.3, -0.25) is 9.59 Å². The minimum Gasteiger partial charge on any atom is -0.293 e. The minimum absolute atomic E-state index is 0.0268. The molecule has 0 atom stereocenters. The van der Waals surface area contributed by atoms with Crippen LogP contribution >= 0.6 is 22.7 Å². The first-order valence-corrected chi connectivity index (χ1v) is 6.16. The average molecular weight is 236 g/mol. The molecule has 0 aliphatic rings. The van der Waals surface area contributed by atoms with E-state index in [4.69, 9.17) is 0 Å². The number of hydrogen-bond donors (Lipinski definition) is 0. The van der Waals surface area contributed by atoms with E-state index in [0.717, 1.165) is 0 Å². The molecule has 76 valence electrons. The van der Waals surface area contributed by atoms with Gasteiger partial charge in [0.15, 0.2) is 11.6 Å². The number of Topliss-reactive ketones (excluding diaryl/α,β-unsaturated/α-hetero) is 2. The highest BCUT2D eigenvalue weighted by Crippen LogP contribution is 2.16. The Morgan fingerprint density at radius 1 is 0.933 bits per heavy atom. The molecule has 0 N–H and O–H groups in total. The van der Waals surface area contributed by atoms with Crippen molar-refractivity contribution in [2.75, 3.05) is 0 Å². The summed E-state index contributed by atoms with van der Waals surface area (Å²) in [7, 11) is 0. The van der Waals surface area contributed by atoms with Gasteiger partial charge >= 0.3 is 0 Å². The molecule has 2 nitrogen and oxygen atoms in total. The van der Waals surface area contributed by atoms with Crippen LogP contribution in [0.4, 0.5) is 0 Å². The lowest BCUT2D eigenvalue weighted by molar-refractivity contribution is 0.0899. The molecular formula is C11H8O2S2. The van der Waals surface area contributed by atoms with E-state index in [1.165, 1.54) is 22.7 Å². The van der Waals surface area contributed by atoms with E-state index in [0.29, 0.717) is 9.75 Å². The van der Waals surface area contributed by atoms with Crippen molar-refractivity contribution < 1.29 is 9.59 Å². The molecule has 0 saturated heterocycles. The summed E-state index contributed by atoms with van der Waals surface area (Å²) in [5, 5.41) is 3.67. The highest BCUT2D eigenvalue weighted by molar-refractivity contribution is 7.12. The molecule has 15 heavy (non-hydrogen) atoms. The number of carbonyl (C=O) groups excluding carboxylic acids is 2. The zero-order chi connectivity index (χ0) is 10.7. The van der Waals surface area contributed by atoms with Gasteiger partial charge in [-0.05, 0) is 22.9 Å². The summed E-state index contributed by atoms with van der Waals surface area (Å²) in [6, 6.07) is 7.12. The molecule has 0 fully saturated rings. The lowest BCUT2D eigenvalue weighted by Gasteiger charge is -1.95. The van der Waals surface area contributed by atoms with E-state index < -0.39 is 0 Å². The molecular weight excluding hydrogens is 228 g/mol. The van der Waals surface area contributed by atoms with Gasteiger partial charge in [0.05, 0.1) is 16.2 Å². The summed E-state index contributed by atoms with van der Waals surface area (Å²) in [6.07, 6.45) is -0.0268. The molecule has 0 amide bonds. The first kappa shape index (κ1) is 10.3. The Bertz CT molecular complexity index is 411. The van der Waals surface area contributed by atoms with Gasteiger partial charge in [-0.25, -0.2) is 0 Å². The molecule has 0 saturated carbocycles. The number of hydrogen-bond acceptors (Lipinski definition) is 4. The van der Waals surface area contributed by atoms with Crippen LogP contribution in [0.25, 0.3) is 0 Å². The maximum Gasteiger partial charge on any atom is 0.180 e. The molecule has 0 spiro atoms. The third kappa shape index (κ3) is 2.40. The number of carbonyl (C=O) groups is 2. The summed E-state index contributed by atoms with van der Waals surface area (Å²) >= 11 is 2.74. The van der Waals surface area contributed by atoms with Gasteiger partial charge in [0.25, 0.3) is 0 Å². The van der Waals surface area contributed by atoms with Crippen molar-refractivity contribution in [1.82, 2.24) is 0 Å². The van der Waals surface area contributed by atoms with Crippen LogP contribution in [-0.2, 0) is 0 Å². The molecule has 0 unspecified atom stereocenters. The maximum atomic E-state index is 11.6. The topological polar surface area (TPSA) is 34.1 Å². The minimum atomic E-state index is -0.0941. The second-order valence-corrected chi connectivity index (χ2v) is 4.87. The SMILES string of the molecule is O=C(CC(=O)c1cccs1)c1cccs1. The first-order chi connectivity index (χ1) is 7.27. The molecule has 0 aromatic carbocycles. The van der Waals surface area contributed by atoms with Crippen LogP contribution in [0, 0.1) is 0 Å². The van der Waals surface area contributed by atoms with Crippen molar-refractivity contribution in [2.24, 2.45) is 0 Å². The third-order valence-electron chi connectivity index (χ3n) is 1.91. The second-order valence-electron chi connectivity index (χ2n) is 2.98. The highest BCUT2D eigenvalue weighted by Gasteiger charge is 2.14. The Morgan fingerprint density at radius 2 is 1.40 bits per heavy atom. The summed E-state index contributed by atoms with van der Waals surface area (Å²) in [5.41, 5.74) is 0. The van der Waals surface area contributed by atoms with Gasteiger partial charge in [-0.2, -0.15) is 0 Å². The van der Waals surface area contributed by atoms with Crippen LogP contribution in [0.5, 0.6) is 0 Å². The van der Waals surface area contributed by atoms with Crippen LogP contribution in [-0.4, -0.2) is 11.6 Å². The molecule has 2 aromatic rings. The van der Waals surface area contributed by atoms with Crippen molar-refractivity contribution in [3.63, 3.8) is 0 Å². The third-order valence-corrected chi connectivity index (χ3v) is 3.73.